The number of likely N-dealkylation sites (tertiary alicyclic amines) is 1. The predicted molar refractivity (Wildman–Crippen MR) is 135 cm³/mol. The Bertz CT molecular complexity index is 915. The average molecular weight is 468 g/mol. The number of rotatable bonds is 5. The van der Waals surface area contributed by atoms with Gasteiger partial charge >= 0.3 is 5.97 Å². The number of aliphatic carboxylic acids is 1. The standard InChI is InChI=1S/C28H41N3O3/c1-3-22-5-4-15-30(22)23-10-16-29(17-11-23)24-6-7-25(20(2)19-24)31-18-14-28(27(31)34)12-8-21(9-13-28)26(32)33/h6-7,19,21-23H,3-5,8-18H2,1-2H3,(H,32,33). The zero-order valence-corrected chi connectivity index (χ0v) is 21.0. The molecule has 1 saturated carbocycles. The number of carboxylic acid groups (broad SMARTS) is 1. The number of hydrogen-bond donors (Lipinski definition) is 1. The lowest BCUT2D eigenvalue weighted by Gasteiger charge is -2.40. The fourth-order valence-electron chi connectivity index (χ4n) is 7.30. The zero-order valence-electron chi connectivity index (χ0n) is 21.0. The number of anilines is 2. The van der Waals surface area contributed by atoms with Gasteiger partial charge in [0, 0.05) is 43.1 Å². The molecule has 6 nitrogen and oxygen atoms in total. The van der Waals surface area contributed by atoms with Crippen LogP contribution < -0.4 is 9.80 Å². The van der Waals surface area contributed by atoms with Crippen molar-refractivity contribution in [3.63, 3.8) is 0 Å². The Morgan fingerprint density at radius 1 is 1.03 bits per heavy atom. The van der Waals surface area contributed by atoms with Crippen molar-refractivity contribution in [3.8, 4) is 0 Å². The quantitative estimate of drug-likeness (QED) is 0.672. The molecule has 3 saturated heterocycles. The number of amides is 1. The molecule has 4 aliphatic rings. The van der Waals surface area contributed by atoms with Crippen LogP contribution in [-0.2, 0) is 9.59 Å². The summed E-state index contributed by atoms with van der Waals surface area (Å²) in [5.41, 5.74) is 3.13. The maximum absolute atomic E-state index is 13.5. The SMILES string of the molecule is CCC1CCCN1C1CCN(c2ccc(N3CCC4(CCC(C(=O)O)CC4)C3=O)c(C)c2)CC1. The van der Waals surface area contributed by atoms with Gasteiger partial charge in [-0.2, -0.15) is 0 Å². The van der Waals surface area contributed by atoms with Crippen LogP contribution >= 0.6 is 0 Å². The van der Waals surface area contributed by atoms with Crippen LogP contribution in [0.15, 0.2) is 18.2 Å². The Labute approximate surface area is 204 Å². The Kier molecular flexibility index (Phi) is 6.62. The Balaban J connectivity index is 1.22. The van der Waals surface area contributed by atoms with E-state index in [0.717, 1.165) is 49.4 Å². The second-order valence-electron chi connectivity index (χ2n) is 11.2. The number of carbonyl (C=O) groups is 2. The number of benzene rings is 1. The van der Waals surface area contributed by atoms with Gasteiger partial charge in [-0.25, -0.2) is 0 Å². The molecule has 3 heterocycles. The summed E-state index contributed by atoms with van der Waals surface area (Å²) in [6.45, 7) is 8.69. The average Bonchev–Trinajstić information content (AvgIpc) is 3.45. The van der Waals surface area contributed by atoms with E-state index in [0.29, 0.717) is 25.7 Å². The monoisotopic (exact) mass is 467 g/mol. The van der Waals surface area contributed by atoms with Crippen molar-refractivity contribution < 1.29 is 14.7 Å². The van der Waals surface area contributed by atoms with Gasteiger partial charge in [0.1, 0.15) is 0 Å². The lowest BCUT2D eigenvalue weighted by atomic mass is 9.69. The molecule has 186 valence electrons. The van der Waals surface area contributed by atoms with Crippen molar-refractivity contribution in [2.75, 3.05) is 36.0 Å². The second kappa shape index (κ2) is 9.52. The smallest absolute Gasteiger partial charge is 0.306 e. The van der Waals surface area contributed by atoms with Gasteiger partial charge in [-0.3, -0.25) is 14.5 Å². The van der Waals surface area contributed by atoms with Crippen molar-refractivity contribution in [1.29, 1.82) is 0 Å². The van der Waals surface area contributed by atoms with Crippen LogP contribution in [-0.4, -0.2) is 60.1 Å². The van der Waals surface area contributed by atoms with E-state index < -0.39 is 5.97 Å². The Hall–Kier alpha value is -2.08. The van der Waals surface area contributed by atoms with Gasteiger partial charge in [0.25, 0.3) is 0 Å². The highest BCUT2D eigenvalue weighted by Gasteiger charge is 2.49. The number of aryl methyl sites for hydroxylation is 1. The van der Waals surface area contributed by atoms with Gasteiger partial charge in [-0.05, 0) is 101 Å². The van der Waals surface area contributed by atoms with Gasteiger partial charge in [0.2, 0.25) is 5.91 Å². The van der Waals surface area contributed by atoms with Crippen LogP contribution in [0.5, 0.6) is 0 Å². The first-order chi connectivity index (χ1) is 16.4. The number of carbonyl (C=O) groups excluding carboxylic acids is 1. The molecule has 1 N–H and O–H groups in total. The minimum atomic E-state index is -0.710. The van der Waals surface area contributed by atoms with Crippen molar-refractivity contribution >= 4 is 23.3 Å². The summed E-state index contributed by atoms with van der Waals surface area (Å²) in [6.07, 6.45) is 9.99. The molecule has 5 rings (SSSR count). The number of carboxylic acids is 1. The summed E-state index contributed by atoms with van der Waals surface area (Å²) in [6, 6.07) is 8.13. The van der Waals surface area contributed by atoms with Gasteiger partial charge in [0.05, 0.1) is 11.3 Å². The van der Waals surface area contributed by atoms with Crippen LogP contribution in [0.3, 0.4) is 0 Å². The van der Waals surface area contributed by atoms with E-state index >= 15 is 0 Å². The van der Waals surface area contributed by atoms with Gasteiger partial charge < -0.3 is 14.9 Å². The molecular weight excluding hydrogens is 426 g/mol. The molecule has 1 spiro atoms. The van der Waals surface area contributed by atoms with Gasteiger partial charge in [-0.15, -0.1) is 0 Å². The third-order valence-electron chi connectivity index (χ3n) is 9.47. The summed E-state index contributed by atoms with van der Waals surface area (Å²) < 4.78 is 0. The normalized spacial score (nSPS) is 31.1. The molecule has 1 aromatic rings. The number of hydrogen-bond acceptors (Lipinski definition) is 4. The van der Waals surface area contributed by atoms with Crippen LogP contribution in [0.2, 0.25) is 0 Å². The van der Waals surface area contributed by atoms with Crippen LogP contribution in [0, 0.1) is 18.3 Å². The van der Waals surface area contributed by atoms with Crippen LogP contribution in [0.4, 0.5) is 11.4 Å². The maximum Gasteiger partial charge on any atom is 0.306 e. The van der Waals surface area contributed by atoms with Crippen LogP contribution in [0.1, 0.15) is 76.7 Å². The molecule has 4 fully saturated rings. The van der Waals surface area contributed by atoms with E-state index in [2.05, 4.69) is 41.8 Å². The Morgan fingerprint density at radius 2 is 1.76 bits per heavy atom. The molecule has 34 heavy (non-hydrogen) atoms. The molecule has 1 atom stereocenters. The molecule has 3 aliphatic heterocycles. The molecule has 6 heteroatoms. The lowest BCUT2D eigenvalue weighted by molar-refractivity contribution is -0.145. The summed E-state index contributed by atoms with van der Waals surface area (Å²) >= 11 is 0. The summed E-state index contributed by atoms with van der Waals surface area (Å²) in [4.78, 5) is 32.1. The predicted octanol–water partition coefficient (Wildman–Crippen LogP) is 4.84. The van der Waals surface area contributed by atoms with Crippen molar-refractivity contribution in [2.45, 2.75) is 90.1 Å². The fraction of sp³-hybridized carbons (Fsp3) is 0.714. The van der Waals surface area contributed by atoms with Crippen molar-refractivity contribution in [3.05, 3.63) is 23.8 Å². The molecule has 1 aliphatic carbocycles. The van der Waals surface area contributed by atoms with E-state index in [9.17, 15) is 14.7 Å². The number of nitrogens with zero attached hydrogens (tertiary/aromatic N) is 3. The maximum atomic E-state index is 13.5. The van der Waals surface area contributed by atoms with E-state index in [1.54, 1.807) is 0 Å². The van der Waals surface area contributed by atoms with E-state index in [4.69, 9.17) is 0 Å². The minimum absolute atomic E-state index is 0.212. The Morgan fingerprint density at radius 3 is 2.41 bits per heavy atom. The third-order valence-corrected chi connectivity index (χ3v) is 9.47. The van der Waals surface area contributed by atoms with Gasteiger partial charge in [0.15, 0.2) is 0 Å². The van der Waals surface area contributed by atoms with Crippen molar-refractivity contribution in [1.82, 2.24) is 4.90 Å². The second-order valence-corrected chi connectivity index (χ2v) is 11.2. The third kappa shape index (κ3) is 4.23. The summed E-state index contributed by atoms with van der Waals surface area (Å²) in [5, 5.41) is 9.33. The number of piperidine rings is 1. The molecule has 1 unspecified atom stereocenters. The molecule has 1 aromatic carbocycles. The van der Waals surface area contributed by atoms with Gasteiger partial charge in [-0.1, -0.05) is 6.92 Å². The first-order valence-corrected chi connectivity index (χ1v) is 13.6. The molecular formula is C28H41N3O3. The summed E-state index contributed by atoms with van der Waals surface area (Å²) in [7, 11) is 0. The minimum Gasteiger partial charge on any atom is -0.481 e. The fourth-order valence-corrected chi connectivity index (χ4v) is 7.30. The van der Waals surface area contributed by atoms with Crippen molar-refractivity contribution in [2.24, 2.45) is 11.3 Å². The lowest BCUT2D eigenvalue weighted by Crippen LogP contribution is -2.46. The molecule has 0 radical (unpaired) electrons. The largest absolute Gasteiger partial charge is 0.481 e. The van der Waals surface area contributed by atoms with E-state index in [-0.39, 0.29) is 17.2 Å². The molecule has 0 aromatic heterocycles. The summed E-state index contributed by atoms with van der Waals surface area (Å²) in [5.74, 6) is -0.779. The first kappa shape index (κ1) is 23.7. The van der Waals surface area contributed by atoms with E-state index in [1.807, 2.05) is 4.90 Å². The van der Waals surface area contributed by atoms with Crippen LogP contribution in [0.25, 0.3) is 0 Å². The topological polar surface area (TPSA) is 64.1 Å². The molecule has 0 bridgehead atoms. The highest BCUT2D eigenvalue weighted by Crippen LogP contribution is 2.48. The highest BCUT2D eigenvalue weighted by atomic mass is 16.4. The van der Waals surface area contributed by atoms with E-state index in [1.165, 1.54) is 44.3 Å². The molecule has 1 amide bonds. The zero-order chi connectivity index (χ0) is 23.9. The first-order valence-electron chi connectivity index (χ1n) is 13.6. The highest BCUT2D eigenvalue weighted by molar-refractivity contribution is 6.00.